The fourth-order valence-corrected chi connectivity index (χ4v) is 5.06. The first-order valence-electron chi connectivity index (χ1n) is 11.8. The molecule has 172 valence electrons. The van der Waals surface area contributed by atoms with Crippen molar-refractivity contribution in [3.8, 4) is 0 Å². The van der Waals surface area contributed by atoms with Gasteiger partial charge in [0.05, 0.1) is 11.4 Å². The van der Waals surface area contributed by atoms with E-state index in [4.69, 9.17) is 0 Å². The van der Waals surface area contributed by atoms with Crippen LogP contribution < -0.4 is 15.1 Å². The first kappa shape index (κ1) is 21.4. The van der Waals surface area contributed by atoms with Gasteiger partial charge in [0, 0.05) is 44.1 Å². The smallest absolute Gasteiger partial charge is 0.253 e. The number of aromatic nitrogens is 1. The third kappa shape index (κ3) is 4.29. The van der Waals surface area contributed by atoms with E-state index >= 15 is 0 Å². The van der Waals surface area contributed by atoms with E-state index in [9.17, 15) is 14.4 Å². The van der Waals surface area contributed by atoms with Crippen molar-refractivity contribution in [2.24, 2.45) is 0 Å². The van der Waals surface area contributed by atoms with Crippen LogP contribution in [0.3, 0.4) is 0 Å². The molecule has 0 saturated carbocycles. The Balaban J connectivity index is 1.41. The number of fused-ring (bicyclic) bond motifs is 3. The van der Waals surface area contributed by atoms with Gasteiger partial charge in [-0.1, -0.05) is 6.07 Å². The second kappa shape index (κ2) is 9.21. The molecule has 1 N–H and O–H groups in total. The van der Waals surface area contributed by atoms with Crippen LogP contribution in [0.25, 0.3) is 0 Å². The van der Waals surface area contributed by atoms with E-state index in [2.05, 4.69) is 15.2 Å². The minimum Gasteiger partial charge on any atom is -0.358 e. The van der Waals surface area contributed by atoms with Gasteiger partial charge in [-0.05, 0) is 61.9 Å². The summed E-state index contributed by atoms with van der Waals surface area (Å²) in [5.41, 5.74) is 3.05. The van der Waals surface area contributed by atoms with Crippen molar-refractivity contribution in [3.05, 3.63) is 53.9 Å². The van der Waals surface area contributed by atoms with Crippen molar-refractivity contribution in [3.63, 3.8) is 0 Å². The fourth-order valence-electron chi connectivity index (χ4n) is 5.06. The third-order valence-electron chi connectivity index (χ3n) is 6.78. The molecule has 8 nitrogen and oxygen atoms in total. The summed E-state index contributed by atoms with van der Waals surface area (Å²) >= 11 is 0. The van der Waals surface area contributed by atoms with E-state index < -0.39 is 0 Å². The molecular formula is C25H29N5O3. The molecule has 1 aromatic carbocycles. The molecule has 5 rings (SSSR count). The molecule has 8 heteroatoms. The third-order valence-corrected chi connectivity index (χ3v) is 6.78. The number of likely N-dealkylation sites (tertiary alicyclic amines) is 1. The van der Waals surface area contributed by atoms with Gasteiger partial charge in [-0.3, -0.25) is 24.3 Å². The topological polar surface area (TPSA) is 85.9 Å². The summed E-state index contributed by atoms with van der Waals surface area (Å²) in [4.78, 5) is 48.9. The second-order valence-electron chi connectivity index (χ2n) is 8.97. The monoisotopic (exact) mass is 447 g/mol. The summed E-state index contributed by atoms with van der Waals surface area (Å²) in [6, 6.07) is 9.07. The van der Waals surface area contributed by atoms with E-state index in [-0.39, 0.29) is 30.3 Å². The van der Waals surface area contributed by atoms with Crippen molar-refractivity contribution < 1.29 is 14.4 Å². The number of piperidine rings is 1. The second-order valence-corrected chi connectivity index (χ2v) is 8.97. The minimum absolute atomic E-state index is 0.00973. The van der Waals surface area contributed by atoms with Crippen molar-refractivity contribution in [1.82, 2.24) is 15.2 Å². The molecule has 2 fully saturated rings. The Hall–Kier alpha value is -3.42. The van der Waals surface area contributed by atoms with Gasteiger partial charge in [-0.25, -0.2) is 0 Å². The molecule has 3 amide bonds. The summed E-state index contributed by atoms with van der Waals surface area (Å²) in [5, 5.41) is 2.89. The molecular weight excluding hydrogens is 418 g/mol. The lowest BCUT2D eigenvalue weighted by atomic mass is 9.95. The molecule has 3 aliphatic heterocycles. The van der Waals surface area contributed by atoms with Crippen LogP contribution in [-0.4, -0.2) is 59.8 Å². The molecule has 4 heterocycles. The molecule has 2 saturated heterocycles. The number of nitrogens with one attached hydrogen (secondary N) is 1. The quantitative estimate of drug-likeness (QED) is 0.761. The predicted molar refractivity (Wildman–Crippen MR) is 125 cm³/mol. The summed E-state index contributed by atoms with van der Waals surface area (Å²) in [6.45, 7) is 2.62. The number of rotatable bonds is 5. The lowest BCUT2D eigenvalue weighted by Crippen LogP contribution is -2.57. The highest BCUT2D eigenvalue weighted by molar-refractivity contribution is 6.09. The number of amides is 3. The molecule has 1 atom stereocenters. The zero-order chi connectivity index (χ0) is 22.8. The van der Waals surface area contributed by atoms with Crippen LogP contribution in [0.2, 0.25) is 0 Å². The van der Waals surface area contributed by atoms with E-state index in [0.717, 1.165) is 63.0 Å². The number of benzene rings is 1. The normalized spacial score (nSPS) is 19.8. The largest absolute Gasteiger partial charge is 0.358 e. The maximum Gasteiger partial charge on any atom is 0.253 e. The van der Waals surface area contributed by atoms with Gasteiger partial charge in [0.1, 0.15) is 12.6 Å². The highest BCUT2D eigenvalue weighted by Gasteiger charge is 2.40. The molecule has 33 heavy (non-hydrogen) atoms. The fraction of sp³-hybridized carbons (Fsp3) is 0.440. The average molecular weight is 448 g/mol. The SMILES string of the molecule is O=C(CN1C(=O)[C@H]2CCCCN2c2ccc(C(=O)N3CCCC3)cc21)NCc1cccnc1. The van der Waals surface area contributed by atoms with E-state index in [1.54, 1.807) is 23.4 Å². The van der Waals surface area contributed by atoms with Crippen molar-refractivity contribution >= 4 is 29.1 Å². The first-order valence-corrected chi connectivity index (χ1v) is 11.8. The Morgan fingerprint density at radius 1 is 1.03 bits per heavy atom. The summed E-state index contributed by atoms with van der Waals surface area (Å²) < 4.78 is 0. The average Bonchev–Trinajstić information content (AvgIpc) is 3.40. The Bertz CT molecular complexity index is 1050. The summed E-state index contributed by atoms with van der Waals surface area (Å²) in [7, 11) is 0. The van der Waals surface area contributed by atoms with Gasteiger partial charge in [-0.15, -0.1) is 0 Å². The van der Waals surface area contributed by atoms with Crippen LogP contribution in [0.5, 0.6) is 0 Å². The number of pyridine rings is 1. The van der Waals surface area contributed by atoms with Crippen LogP contribution in [0.15, 0.2) is 42.7 Å². The van der Waals surface area contributed by atoms with E-state index in [1.807, 2.05) is 29.2 Å². The van der Waals surface area contributed by atoms with Gasteiger partial charge in [0.2, 0.25) is 11.8 Å². The van der Waals surface area contributed by atoms with Crippen molar-refractivity contribution in [2.75, 3.05) is 36.0 Å². The lowest BCUT2D eigenvalue weighted by Gasteiger charge is -2.45. The molecule has 0 aliphatic carbocycles. The number of hydrogen-bond acceptors (Lipinski definition) is 5. The summed E-state index contributed by atoms with van der Waals surface area (Å²) in [6.07, 6.45) is 8.24. The maximum absolute atomic E-state index is 13.5. The van der Waals surface area contributed by atoms with Gasteiger partial charge < -0.3 is 15.1 Å². The Morgan fingerprint density at radius 2 is 1.85 bits per heavy atom. The number of nitrogens with zero attached hydrogens (tertiary/aromatic N) is 4. The molecule has 0 radical (unpaired) electrons. The lowest BCUT2D eigenvalue weighted by molar-refractivity contribution is -0.125. The van der Waals surface area contributed by atoms with Crippen molar-refractivity contribution in [1.29, 1.82) is 0 Å². The first-order chi connectivity index (χ1) is 16.1. The van der Waals surface area contributed by atoms with E-state index in [0.29, 0.717) is 17.8 Å². The van der Waals surface area contributed by atoms with E-state index in [1.165, 1.54) is 0 Å². The number of carbonyl (C=O) groups is 3. The predicted octanol–water partition coefficient (Wildman–Crippen LogP) is 2.34. The maximum atomic E-state index is 13.5. The van der Waals surface area contributed by atoms with Crippen molar-refractivity contribution in [2.45, 2.75) is 44.7 Å². The molecule has 0 unspecified atom stereocenters. The Morgan fingerprint density at radius 3 is 2.64 bits per heavy atom. The minimum atomic E-state index is -0.252. The van der Waals surface area contributed by atoms with Gasteiger partial charge in [-0.2, -0.15) is 0 Å². The van der Waals surface area contributed by atoms with Crippen LogP contribution in [0.1, 0.15) is 48.0 Å². The summed E-state index contributed by atoms with van der Waals surface area (Å²) in [5.74, 6) is -0.312. The number of carbonyl (C=O) groups excluding carboxylic acids is 3. The highest BCUT2D eigenvalue weighted by Crippen LogP contribution is 2.40. The van der Waals surface area contributed by atoms with Gasteiger partial charge >= 0.3 is 0 Å². The van der Waals surface area contributed by atoms with Crippen LogP contribution in [-0.2, 0) is 16.1 Å². The highest BCUT2D eigenvalue weighted by atomic mass is 16.2. The zero-order valence-electron chi connectivity index (χ0n) is 18.7. The molecule has 0 spiro atoms. The Kier molecular flexibility index (Phi) is 5.98. The Labute approximate surface area is 193 Å². The molecule has 3 aliphatic rings. The van der Waals surface area contributed by atoms with Gasteiger partial charge in [0.25, 0.3) is 5.91 Å². The molecule has 2 aromatic rings. The molecule has 0 bridgehead atoms. The van der Waals surface area contributed by atoms with Crippen LogP contribution in [0, 0.1) is 0 Å². The molecule has 1 aromatic heterocycles. The van der Waals surface area contributed by atoms with Crippen LogP contribution in [0.4, 0.5) is 11.4 Å². The number of anilines is 2. The van der Waals surface area contributed by atoms with Crippen LogP contribution >= 0.6 is 0 Å². The zero-order valence-corrected chi connectivity index (χ0v) is 18.7. The van der Waals surface area contributed by atoms with Gasteiger partial charge in [0.15, 0.2) is 0 Å². The number of hydrogen-bond donors (Lipinski definition) is 1. The standard InChI is InChI=1S/C25H29N5O3/c31-23(27-16-18-6-5-10-26-15-18)17-30-22-14-19(24(32)28-11-3-4-12-28)8-9-20(22)29-13-2-1-7-21(29)25(30)33/h5-6,8-10,14-15,21H,1-4,7,11-13,16-17H2,(H,27,31)/t21-/m1/s1.